The largest absolute Gasteiger partial charge is 1.00 e. The smallest absolute Gasteiger partial charge is 0.550 e. The first-order valence-electron chi connectivity index (χ1n) is 8.10. The number of carbonyl (C=O) groups excluding carboxylic acids is 2. The van der Waals surface area contributed by atoms with Crippen molar-refractivity contribution in [3.63, 3.8) is 0 Å². The number of hydrogen-bond donors (Lipinski definition) is 1. The van der Waals surface area contributed by atoms with E-state index < -0.39 is 5.97 Å². The van der Waals surface area contributed by atoms with Gasteiger partial charge in [-0.25, -0.2) is 0 Å². The zero-order valence-corrected chi connectivity index (χ0v) is 16.7. The zero-order chi connectivity index (χ0) is 17.6. The van der Waals surface area contributed by atoms with E-state index >= 15 is 0 Å². The number of nitrogens with one attached hydrogen (secondary N) is 1. The molecule has 126 valence electrons. The molecule has 1 aliphatic carbocycles. The number of methoxy groups -OCH3 is 1. The van der Waals surface area contributed by atoms with Crippen molar-refractivity contribution in [2.24, 2.45) is 0 Å². The van der Waals surface area contributed by atoms with Gasteiger partial charge < -0.3 is 20.0 Å². The summed E-state index contributed by atoms with van der Waals surface area (Å²) in [6.07, 6.45) is 0.410. The first-order valence-corrected chi connectivity index (χ1v) is 8.10. The number of fused-ring (bicyclic) bond motifs is 2. The molecule has 1 amide bonds. The minimum Gasteiger partial charge on any atom is -0.550 e. The summed E-state index contributed by atoms with van der Waals surface area (Å²) in [4.78, 5) is 23.7. The molecule has 1 heterocycles. The molecule has 0 saturated heterocycles. The van der Waals surface area contributed by atoms with E-state index in [0.717, 1.165) is 28.0 Å². The van der Waals surface area contributed by atoms with Crippen LogP contribution in [-0.4, -0.2) is 19.0 Å². The molecule has 1 atom stereocenters. The molecule has 5 nitrogen and oxygen atoms in total. The van der Waals surface area contributed by atoms with E-state index in [4.69, 9.17) is 4.74 Å². The number of para-hydroxylation sites is 1. The predicted molar refractivity (Wildman–Crippen MR) is 91.9 cm³/mol. The van der Waals surface area contributed by atoms with Crippen LogP contribution in [-0.2, 0) is 9.59 Å². The molecule has 2 aromatic carbocycles. The van der Waals surface area contributed by atoms with Crippen molar-refractivity contribution < 1.29 is 49.0 Å². The van der Waals surface area contributed by atoms with E-state index in [1.54, 1.807) is 7.11 Å². The number of rotatable bonds is 3. The van der Waals surface area contributed by atoms with Gasteiger partial charge in [-0.05, 0) is 53.7 Å². The van der Waals surface area contributed by atoms with Crippen LogP contribution in [0.5, 0.6) is 5.75 Å². The van der Waals surface area contributed by atoms with Crippen molar-refractivity contribution >= 4 is 28.7 Å². The second kappa shape index (κ2) is 7.27. The first-order chi connectivity index (χ1) is 12.1. The van der Waals surface area contributed by atoms with Crippen LogP contribution in [0.3, 0.4) is 0 Å². The van der Waals surface area contributed by atoms with Crippen molar-refractivity contribution in [2.75, 3.05) is 12.4 Å². The second-order valence-electron chi connectivity index (χ2n) is 6.28. The molecule has 0 radical (unpaired) electrons. The van der Waals surface area contributed by atoms with Gasteiger partial charge in [0.15, 0.2) is 0 Å². The molecule has 1 aliphatic heterocycles. The molecular weight excluding hydrogens is 341 g/mol. The number of amides is 1. The van der Waals surface area contributed by atoms with Crippen molar-refractivity contribution in [3.8, 4) is 5.75 Å². The summed E-state index contributed by atoms with van der Waals surface area (Å²) in [6.45, 7) is 0. The Labute approximate surface area is 173 Å². The third-order valence-electron chi connectivity index (χ3n) is 4.86. The average Bonchev–Trinajstić information content (AvgIpc) is 3.10. The molecule has 0 bridgehead atoms. The molecule has 0 fully saturated rings. The van der Waals surface area contributed by atoms with Crippen molar-refractivity contribution in [1.29, 1.82) is 0 Å². The van der Waals surface area contributed by atoms with Crippen LogP contribution >= 0.6 is 0 Å². The van der Waals surface area contributed by atoms with Crippen molar-refractivity contribution in [2.45, 2.75) is 18.8 Å². The number of hydrogen-bond acceptors (Lipinski definition) is 4. The molecule has 6 heteroatoms. The van der Waals surface area contributed by atoms with Crippen molar-refractivity contribution in [3.05, 3.63) is 59.2 Å². The van der Waals surface area contributed by atoms with E-state index in [9.17, 15) is 14.7 Å². The third kappa shape index (κ3) is 3.07. The fourth-order valence-corrected chi connectivity index (χ4v) is 3.78. The van der Waals surface area contributed by atoms with Crippen LogP contribution < -0.4 is 44.7 Å². The van der Waals surface area contributed by atoms with Crippen LogP contribution in [0.25, 0.3) is 11.1 Å². The van der Waals surface area contributed by atoms with E-state index in [-0.39, 0.29) is 47.8 Å². The minimum atomic E-state index is -1.10. The summed E-state index contributed by atoms with van der Waals surface area (Å²) in [5.74, 6) is -0.795. The van der Waals surface area contributed by atoms with E-state index in [1.165, 1.54) is 0 Å². The molecular formula is C20H16NNaO4. The summed E-state index contributed by atoms with van der Waals surface area (Å²) in [6, 6.07) is 13.1. The van der Waals surface area contributed by atoms with Gasteiger partial charge in [0.25, 0.3) is 5.91 Å². The number of anilines is 1. The Bertz CT molecular complexity index is 935. The number of aliphatic carboxylic acids is 1. The maximum Gasteiger partial charge on any atom is 1.00 e. The Morgan fingerprint density at radius 3 is 2.73 bits per heavy atom. The fourth-order valence-electron chi connectivity index (χ4n) is 3.78. The summed E-state index contributed by atoms with van der Waals surface area (Å²) in [5.41, 5.74) is 4.96. The molecule has 0 spiro atoms. The monoisotopic (exact) mass is 357 g/mol. The molecule has 2 aliphatic rings. The zero-order valence-electron chi connectivity index (χ0n) is 14.7. The first kappa shape index (κ1) is 18.7. The average molecular weight is 357 g/mol. The fraction of sp³-hybridized carbons (Fsp3) is 0.200. The normalized spacial score (nSPS) is 20.0. The van der Waals surface area contributed by atoms with Gasteiger partial charge in [-0.15, -0.1) is 0 Å². The number of allylic oxidation sites excluding steroid dienone is 1. The maximum absolute atomic E-state index is 12.6. The Kier molecular flexibility index (Phi) is 5.23. The number of ether oxygens (including phenoxy) is 1. The molecule has 26 heavy (non-hydrogen) atoms. The van der Waals surface area contributed by atoms with E-state index in [1.807, 2.05) is 42.5 Å². The molecule has 1 N–H and O–H groups in total. The summed E-state index contributed by atoms with van der Waals surface area (Å²) in [5, 5.41) is 14.1. The van der Waals surface area contributed by atoms with Crippen LogP contribution in [0, 0.1) is 0 Å². The molecule has 2 aromatic rings. The molecule has 0 saturated carbocycles. The second-order valence-corrected chi connectivity index (χ2v) is 6.28. The third-order valence-corrected chi connectivity index (χ3v) is 4.86. The molecule has 4 rings (SSSR count). The van der Waals surface area contributed by atoms with Crippen molar-refractivity contribution in [1.82, 2.24) is 0 Å². The Balaban J connectivity index is 0.00000196. The van der Waals surface area contributed by atoms with Gasteiger partial charge in [0.05, 0.1) is 12.7 Å². The summed E-state index contributed by atoms with van der Waals surface area (Å²) in [7, 11) is 1.57. The van der Waals surface area contributed by atoms with Gasteiger partial charge in [0.2, 0.25) is 0 Å². The Morgan fingerprint density at radius 1 is 1.23 bits per heavy atom. The number of carboxylic acid groups (broad SMARTS) is 1. The number of carboxylic acids is 1. The van der Waals surface area contributed by atoms with Crippen LogP contribution in [0.4, 0.5) is 5.69 Å². The summed E-state index contributed by atoms with van der Waals surface area (Å²) >= 11 is 0. The maximum atomic E-state index is 12.6. The van der Waals surface area contributed by atoms with Gasteiger partial charge in [-0.3, -0.25) is 4.79 Å². The van der Waals surface area contributed by atoms with E-state index in [2.05, 4.69) is 5.32 Å². The number of carbonyl (C=O) groups is 2. The van der Waals surface area contributed by atoms with Crippen LogP contribution in [0.15, 0.2) is 42.5 Å². The van der Waals surface area contributed by atoms with Gasteiger partial charge in [-0.2, -0.15) is 0 Å². The van der Waals surface area contributed by atoms with Gasteiger partial charge in [0.1, 0.15) is 5.75 Å². The van der Waals surface area contributed by atoms with Gasteiger partial charge in [0, 0.05) is 17.2 Å². The number of benzene rings is 2. The standard InChI is InChI=1S/C20H17NO4.Na/c1-25-12-6-7-13-15(10-12)11(9-18(22)23)8-16(13)19-14-4-2-3-5-17(14)21-20(19)24;/h2-7,10-11H,8-9H2,1H3,(H,21,24)(H,22,23);/q;+1/p-1. The van der Waals surface area contributed by atoms with Crippen LogP contribution in [0.2, 0.25) is 0 Å². The minimum absolute atomic E-state index is 0. The SMILES string of the molecule is COc1ccc2c(c1)C(CC(=O)[O-])CC2=C1C(=O)Nc2ccccc21.[Na+]. The van der Waals surface area contributed by atoms with Crippen LogP contribution in [0.1, 0.15) is 35.4 Å². The van der Waals surface area contributed by atoms with Gasteiger partial charge >= 0.3 is 29.6 Å². The Morgan fingerprint density at radius 2 is 2.00 bits per heavy atom. The molecule has 1 unspecified atom stereocenters. The van der Waals surface area contributed by atoms with Gasteiger partial charge in [-0.1, -0.05) is 24.3 Å². The quantitative estimate of drug-likeness (QED) is 0.576. The molecule has 0 aromatic heterocycles. The topological polar surface area (TPSA) is 78.5 Å². The summed E-state index contributed by atoms with van der Waals surface area (Å²) < 4.78 is 5.27. The Hall–Kier alpha value is -2.08. The van der Waals surface area contributed by atoms with E-state index in [0.29, 0.717) is 17.7 Å². The predicted octanol–water partition coefficient (Wildman–Crippen LogP) is -0.811.